The molecule has 1 aromatic heterocycles. The molecule has 5 rings (SSSR count). The first kappa shape index (κ1) is 32.3. The third-order valence-corrected chi connectivity index (χ3v) is 8.32. The van der Waals surface area contributed by atoms with Crippen molar-refractivity contribution in [2.75, 3.05) is 38.5 Å². The molecule has 0 aliphatic heterocycles. The van der Waals surface area contributed by atoms with E-state index >= 15 is 0 Å². The third kappa shape index (κ3) is 6.93. The summed E-state index contributed by atoms with van der Waals surface area (Å²) in [5.74, 6) is 1.30. The molecule has 0 unspecified atom stereocenters. The summed E-state index contributed by atoms with van der Waals surface area (Å²) in [6, 6.07) is 12.5. The lowest BCUT2D eigenvalue weighted by molar-refractivity contribution is -0.119. The molecule has 11 heteroatoms. The van der Waals surface area contributed by atoms with E-state index < -0.39 is 0 Å². The molecule has 0 bridgehead atoms. The molecule has 1 atom stereocenters. The minimum atomic E-state index is -0.369. The van der Waals surface area contributed by atoms with Crippen molar-refractivity contribution < 1.29 is 23.8 Å². The van der Waals surface area contributed by atoms with Crippen LogP contribution in [0.4, 0.5) is 11.4 Å². The number of ether oxygens (including phenoxy) is 3. The summed E-state index contributed by atoms with van der Waals surface area (Å²) in [6.45, 7) is 2.05. The van der Waals surface area contributed by atoms with Gasteiger partial charge >= 0.3 is 0 Å². The summed E-state index contributed by atoms with van der Waals surface area (Å²) in [5, 5.41) is 9.26. The van der Waals surface area contributed by atoms with Gasteiger partial charge in [-0.3, -0.25) is 14.4 Å². The first-order valence-electron chi connectivity index (χ1n) is 15.5. The Labute approximate surface area is 268 Å². The molecule has 242 valence electrons. The van der Waals surface area contributed by atoms with Crippen molar-refractivity contribution in [3.63, 3.8) is 0 Å². The van der Waals surface area contributed by atoms with Gasteiger partial charge in [-0.15, -0.1) is 0 Å². The number of amides is 2. The fraction of sp³-hybridized carbons (Fsp3) is 0.371. The van der Waals surface area contributed by atoms with Gasteiger partial charge < -0.3 is 34.7 Å². The first-order chi connectivity index (χ1) is 22.2. The lowest BCUT2D eigenvalue weighted by Crippen LogP contribution is -2.26. The zero-order valence-electron chi connectivity index (χ0n) is 27.0. The van der Waals surface area contributed by atoms with E-state index in [9.17, 15) is 14.4 Å². The molecule has 0 saturated carbocycles. The Morgan fingerprint density at radius 3 is 2.52 bits per heavy atom. The van der Waals surface area contributed by atoms with Gasteiger partial charge in [-0.2, -0.15) is 0 Å². The first-order valence-corrected chi connectivity index (χ1v) is 15.5. The fourth-order valence-electron chi connectivity index (χ4n) is 6.10. The molecule has 2 amide bonds. The molecule has 1 heterocycles. The van der Waals surface area contributed by atoms with E-state index in [0.29, 0.717) is 54.3 Å². The van der Waals surface area contributed by atoms with E-state index in [2.05, 4.69) is 20.9 Å². The molecule has 0 radical (unpaired) electrons. The van der Waals surface area contributed by atoms with E-state index in [1.165, 1.54) is 6.92 Å². The molecule has 0 fully saturated rings. The van der Waals surface area contributed by atoms with Crippen LogP contribution < -0.4 is 35.6 Å². The minimum absolute atomic E-state index is 0.0413. The van der Waals surface area contributed by atoms with Gasteiger partial charge in [-0.05, 0) is 78.8 Å². The summed E-state index contributed by atoms with van der Waals surface area (Å²) >= 11 is 0. The maximum atomic E-state index is 13.5. The maximum absolute atomic E-state index is 13.5. The number of rotatable bonds is 12. The highest BCUT2D eigenvalue weighted by Crippen LogP contribution is 2.50. The normalized spacial score (nSPS) is 13.6. The van der Waals surface area contributed by atoms with Crippen LogP contribution in [0.25, 0.3) is 22.2 Å². The Kier molecular flexibility index (Phi) is 10.1. The molecular formula is C35H41N5O6. The zero-order chi connectivity index (χ0) is 32.8. The summed E-state index contributed by atoms with van der Waals surface area (Å²) in [7, 11) is 6.65. The highest BCUT2D eigenvalue weighted by atomic mass is 16.5. The van der Waals surface area contributed by atoms with Crippen LogP contribution in [0.3, 0.4) is 0 Å². The molecule has 3 aromatic carbocycles. The van der Waals surface area contributed by atoms with E-state index in [0.717, 1.165) is 52.7 Å². The predicted molar refractivity (Wildman–Crippen MR) is 179 cm³/mol. The number of hydrogen-bond donors (Lipinski definition) is 3. The Morgan fingerprint density at radius 1 is 0.978 bits per heavy atom. The van der Waals surface area contributed by atoms with Crippen LogP contribution in [0.1, 0.15) is 56.2 Å². The summed E-state index contributed by atoms with van der Waals surface area (Å²) in [5.41, 5.74) is 6.13. The minimum Gasteiger partial charge on any atom is -0.493 e. The number of benzene rings is 2. The Morgan fingerprint density at radius 2 is 1.78 bits per heavy atom. The number of carbonyl (C=O) groups excluding carboxylic acids is 2. The van der Waals surface area contributed by atoms with Gasteiger partial charge in [0.2, 0.25) is 23.0 Å². The quantitative estimate of drug-likeness (QED) is 0.179. The summed E-state index contributed by atoms with van der Waals surface area (Å²) in [6.07, 6.45) is 5.70. The van der Waals surface area contributed by atoms with Crippen molar-refractivity contribution in [2.24, 2.45) is 7.05 Å². The van der Waals surface area contributed by atoms with Crippen molar-refractivity contribution in [3.8, 4) is 28.4 Å². The monoisotopic (exact) mass is 627 g/mol. The molecule has 46 heavy (non-hydrogen) atoms. The van der Waals surface area contributed by atoms with Crippen LogP contribution in [0.5, 0.6) is 17.2 Å². The molecule has 4 aromatic rings. The van der Waals surface area contributed by atoms with Gasteiger partial charge in [0.1, 0.15) is 0 Å². The van der Waals surface area contributed by atoms with Crippen LogP contribution in [0.15, 0.2) is 53.6 Å². The molecule has 11 nitrogen and oxygen atoms in total. The van der Waals surface area contributed by atoms with Gasteiger partial charge in [-0.25, -0.2) is 4.98 Å². The van der Waals surface area contributed by atoms with Crippen LogP contribution in [0.2, 0.25) is 0 Å². The molecule has 0 spiro atoms. The summed E-state index contributed by atoms with van der Waals surface area (Å²) < 4.78 is 19.0. The second kappa shape index (κ2) is 14.4. The predicted octanol–water partition coefficient (Wildman–Crippen LogP) is 5.36. The number of anilines is 2. The highest BCUT2D eigenvalue weighted by molar-refractivity contribution is 5.93. The average Bonchev–Trinajstić information content (AvgIpc) is 3.24. The Balaban J connectivity index is 1.27. The van der Waals surface area contributed by atoms with E-state index in [1.807, 2.05) is 41.9 Å². The maximum Gasteiger partial charge on any atom is 0.224 e. The van der Waals surface area contributed by atoms with Crippen molar-refractivity contribution in [3.05, 3.63) is 70.1 Å². The second-order valence-corrected chi connectivity index (χ2v) is 11.4. The number of aromatic nitrogens is 2. The number of imidazole rings is 1. The number of nitrogens with one attached hydrogen (secondary N) is 3. The number of unbranched alkanes of at least 4 members (excludes halogenated alkanes) is 2. The number of fused-ring (bicyclic) bond motifs is 4. The van der Waals surface area contributed by atoms with Crippen LogP contribution in [-0.2, 0) is 23.1 Å². The number of aryl methyl sites for hydroxylation is 2. The fourth-order valence-corrected chi connectivity index (χ4v) is 6.10. The second-order valence-electron chi connectivity index (χ2n) is 11.4. The standard InChI is InChI=1S/C35H41N5O6/c1-21(41)38-26-13-10-22-17-31(44-3)34(45-4)35(46-5)33(22)24-12-14-27(30(42)19-25(24)26)36-16-8-6-7-9-32(43)39-23-11-15-29-28(18-23)37-20-40(29)2/h11-12,14-15,17-20,26H,6-10,13,16H2,1-5H3,(H,36,42)(H,38,41)(H,39,43)/t26-/m0/s1. The van der Waals surface area contributed by atoms with Gasteiger partial charge in [-0.1, -0.05) is 12.5 Å². The van der Waals surface area contributed by atoms with Gasteiger partial charge in [0.05, 0.1) is 50.4 Å². The Bertz CT molecular complexity index is 1820. The van der Waals surface area contributed by atoms with Gasteiger partial charge in [0.15, 0.2) is 11.5 Å². The number of methoxy groups -OCH3 is 3. The molecule has 1 aliphatic carbocycles. The van der Waals surface area contributed by atoms with Crippen molar-refractivity contribution in [1.29, 1.82) is 0 Å². The lowest BCUT2D eigenvalue weighted by atomic mass is 9.95. The molecule has 1 aliphatic rings. The van der Waals surface area contributed by atoms with Crippen molar-refractivity contribution >= 4 is 34.2 Å². The van der Waals surface area contributed by atoms with Gasteiger partial charge in [0, 0.05) is 38.2 Å². The lowest BCUT2D eigenvalue weighted by Gasteiger charge is -2.19. The topological polar surface area (TPSA) is 133 Å². The number of carbonyl (C=O) groups is 2. The third-order valence-electron chi connectivity index (χ3n) is 8.32. The zero-order valence-corrected chi connectivity index (χ0v) is 27.0. The van der Waals surface area contributed by atoms with E-state index in [1.54, 1.807) is 39.8 Å². The van der Waals surface area contributed by atoms with E-state index in [-0.39, 0.29) is 23.3 Å². The molecule has 0 saturated heterocycles. The van der Waals surface area contributed by atoms with Crippen LogP contribution >= 0.6 is 0 Å². The largest absolute Gasteiger partial charge is 0.493 e. The summed E-state index contributed by atoms with van der Waals surface area (Å²) in [4.78, 5) is 42.5. The molecular weight excluding hydrogens is 586 g/mol. The highest BCUT2D eigenvalue weighted by Gasteiger charge is 2.29. The molecule has 3 N–H and O–H groups in total. The van der Waals surface area contributed by atoms with Crippen LogP contribution in [0, 0.1) is 0 Å². The van der Waals surface area contributed by atoms with Crippen molar-refractivity contribution in [2.45, 2.75) is 51.5 Å². The number of nitrogens with zero attached hydrogens (tertiary/aromatic N) is 2. The number of hydrogen-bond acceptors (Lipinski definition) is 8. The SMILES string of the molecule is COc1cc2c(c(OC)c1OC)-c1ccc(NCCCCCC(=O)Nc3ccc4c(c3)ncn4C)c(=O)cc1[C@@H](NC(C)=O)CC2. The van der Waals surface area contributed by atoms with Crippen molar-refractivity contribution in [1.82, 2.24) is 14.9 Å². The van der Waals surface area contributed by atoms with Gasteiger partial charge in [0.25, 0.3) is 0 Å². The Hall–Kier alpha value is -5.06. The smallest absolute Gasteiger partial charge is 0.224 e. The van der Waals surface area contributed by atoms with Crippen LogP contribution in [-0.4, -0.2) is 49.2 Å². The average molecular weight is 628 g/mol. The van der Waals surface area contributed by atoms with E-state index in [4.69, 9.17) is 14.2 Å².